The van der Waals surface area contributed by atoms with E-state index in [0.717, 1.165) is 16.7 Å². The van der Waals surface area contributed by atoms with Crippen molar-refractivity contribution < 1.29 is 13.2 Å². The van der Waals surface area contributed by atoms with E-state index in [0.29, 0.717) is 16.9 Å². The fraction of sp³-hybridized carbons (Fsp3) is 0.188. The molecule has 0 aliphatic heterocycles. The van der Waals surface area contributed by atoms with Gasteiger partial charge < -0.3 is 5.32 Å². The molecule has 0 atom stereocenters. The molecule has 122 valence electrons. The van der Waals surface area contributed by atoms with Gasteiger partial charge in [0.2, 0.25) is 10.0 Å². The maximum Gasteiger partial charge on any atom is 0.255 e. The second-order valence-corrected chi connectivity index (χ2v) is 7.72. The van der Waals surface area contributed by atoms with E-state index < -0.39 is 10.0 Å². The number of nitrogens with one attached hydrogen (secondary N) is 2. The molecule has 2 aromatic rings. The molecule has 0 heterocycles. The Balaban J connectivity index is 2.23. The topological polar surface area (TPSA) is 75.3 Å². The summed E-state index contributed by atoms with van der Waals surface area (Å²) in [5, 5.41) is 2.81. The summed E-state index contributed by atoms with van der Waals surface area (Å²) in [6.45, 7) is 1.77. The Labute approximate surface area is 140 Å². The molecule has 0 aliphatic carbocycles. The second kappa shape index (κ2) is 7.06. The van der Waals surface area contributed by atoms with Crippen molar-refractivity contribution in [1.82, 2.24) is 0 Å². The van der Waals surface area contributed by atoms with Crippen LogP contribution in [0.1, 0.15) is 15.9 Å². The van der Waals surface area contributed by atoms with Crippen molar-refractivity contribution >= 4 is 39.1 Å². The lowest BCUT2D eigenvalue weighted by Crippen LogP contribution is -2.14. The fourth-order valence-corrected chi connectivity index (χ4v) is 3.06. The first kappa shape index (κ1) is 17.4. The number of sulfonamides is 1. The molecule has 0 spiro atoms. The van der Waals surface area contributed by atoms with Gasteiger partial charge in [-0.1, -0.05) is 12.1 Å². The second-order valence-electron chi connectivity index (χ2n) is 5.09. The number of aryl methyl sites for hydroxylation is 1. The van der Waals surface area contributed by atoms with Gasteiger partial charge in [0.25, 0.3) is 5.91 Å². The van der Waals surface area contributed by atoms with E-state index >= 15 is 0 Å². The maximum atomic E-state index is 12.3. The lowest BCUT2D eigenvalue weighted by atomic mass is 10.1. The number of benzene rings is 2. The zero-order chi connectivity index (χ0) is 17.0. The predicted molar refractivity (Wildman–Crippen MR) is 95.8 cm³/mol. The van der Waals surface area contributed by atoms with Gasteiger partial charge in [-0.2, -0.15) is 0 Å². The van der Waals surface area contributed by atoms with E-state index in [1.54, 1.807) is 30.8 Å². The van der Waals surface area contributed by atoms with Crippen LogP contribution in [0.3, 0.4) is 0 Å². The molecule has 0 saturated carbocycles. The summed E-state index contributed by atoms with van der Waals surface area (Å²) in [5.41, 5.74) is 2.23. The average Bonchev–Trinajstić information content (AvgIpc) is 2.48. The number of hydrogen-bond donors (Lipinski definition) is 2. The van der Waals surface area contributed by atoms with Crippen LogP contribution in [0, 0.1) is 6.92 Å². The molecule has 2 rings (SSSR count). The van der Waals surface area contributed by atoms with Crippen LogP contribution in [0.15, 0.2) is 47.4 Å². The SMILES string of the molecule is CSc1cccc(NC(=O)c2ccc(C)c(NS(C)(=O)=O)c2)c1. The van der Waals surface area contributed by atoms with Crippen LogP contribution in [0.25, 0.3) is 0 Å². The third kappa shape index (κ3) is 5.01. The number of hydrogen-bond acceptors (Lipinski definition) is 4. The van der Waals surface area contributed by atoms with Gasteiger partial charge in [-0.3, -0.25) is 9.52 Å². The standard InChI is InChI=1S/C16H18N2O3S2/c1-11-7-8-12(9-15(11)18-23(3,20)21)16(19)17-13-5-4-6-14(10-13)22-2/h4-10,18H,1-3H3,(H,17,19). The molecule has 0 fully saturated rings. The van der Waals surface area contributed by atoms with Crippen LogP contribution < -0.4 is 10.0 Å². The quantitative estimate of drug-likeness (QED) is 0.811. The third-order valence-electron chi connectivity index (χ3n) is 3.12. The molecule has 2 aromatic carbocycles. The molecule has 5 nitrogen and oxygen atoms in total. The van der Waals surface area contributed by atoms with Crippen molar-refractivity contribution in [3.63, 3.8) is 0 Å². The molecular weight excluding hydrogens is 332 g/mol. The fourth-order valence-electron chi connectivity index (χ4n) is 1.98. The minimum atomic E-state index is -3.39. The first-order chi connectivity index (χ1) is 10.8. The van der Waals surface area contributed by atoms with E-state index in [9.17, 15) is 13.2 Å². The minimum Gasteiger partial charge on any atom is -0.322 e. The lowest BCUT2D eigenvalue weighted by molar-refractivity contribution is 0.102. The van der Waals surface area contributed by atoms with E-state index in [2.05, 4.69) is 10.0 Å². The van der Waals surface area contributed by atoms with Crippen molar-refractivity contribution in [2.45, 2.75) is 11.8 Å². The first-order valence-electron chi connectivity index (χ1n) is 6.82. The first-order valence-corrected chi connectivity index (χ1v) is 9.94. The number of thioether (sulfide) groups is 1. The van der Waals surface area contributed by atoms with Crippen LogP contribution in [0.2, 0.25) is 0 Å². The third-order valence-corrected chi connectivity index (χ3v) is 4.44. The van der Waals surface area contributed by atoms with E-state index in [1.165, 1.54) is 6.07 Å². The van der Waals surface area contributed by atoms with Crippen molar-refractivity contribution in [1.29, 1.82) is 0 Å². The van der Waals surface area contributed by atoms with Crippen LogP contribution in [0.4, 0.5) is 11.4 Å². The Morgan fingerprint density at radius 2 is 1.87 bits per heavy atom. The Kier molecular flexibility index (Phi) is 5.33. The molecule has 0 aliphatic rings. The highest BCUT2D eigenvalue weighted by Crippen LogP contribution is 2.21. The normalized spacial score (nSPS) is 11.1. The minimum absolute atomic E-state index is 0.292. The molecular formula is C16H18N2O3S2. The van der Waals surface area contributed by atoms with Gasteiger partial charge in [0.1, 0.15) is 0 Å². The molecule has 0 aromatic heterocycles. The summed E-state index contributed by atoms with van der Waals surface area (Å²) >= 11 is 1.59. The summed E-state index contributed by atoms with van der Waals surface area (Å²) in [7, 11) is -3.39. The Hall–Kier alpha value is -1.99. The summed E-state index contributed by atoms with van der Waals surface area (Å²) < 4.78 is 25.2. The highest BCUT2D eigenvalue weighted by molar-refractivity contribution is 7.98. The van der Waals surface area contributed by atoms with E-state index in [-0.39, 0.29) is 5.91 Å². The van der Waals surface area contributed by atoms with E-state index in [1.807, 2.05) is 30.5 Å². The summed E-state index contributed by atoms with van der Waals surface area (Å²) in [4.78, 5) is 13.4. The van der Waals surface area contributed by atoms with Gasteiger partial charge in [-0.05, 0) is 49.1 Å². The monoisotopic (exact) mass is 350 g/mol. The largest absolute Gasteiger partial charge is 0.322 e. The van der Waals surface area contributed by atoms with Crippen molar-refractivity contribution in [2.24, 2.45) is 0 Å². The van der Waals surface area contributed by atoms with Crippen LogP contribution in [-0.4, -0.2) is 26.8 Å². The van der Waals surface area contributed by atoms with E-state index in [4.69, 9.17) is 0 Å². The van der Waals surface area contributed by atoms with Crippen LogP contribution >= 0.6 is 11.8 Å². The molecule has 7 heteroatoms. The number of anilines is 2. The summed E-state index contributed by atoms with van der Waals surface area (Å²) in [6, 6.07) is 12.4. The molecule has 1 amide bonds. The highest BCUT2D eigenvalue weighted by atomic mass is 32.2. The summed E-state index contributed by atoms with van der Waals surface area (Å²) in [6.07, 6.45) is 3.04. The molecule has 0 bridgehead atoms. The average molecular weight is 350 g/mol. The van der Waals surface area contributed by atoms with Crippen molar-refractivity contribution in [3.8, 4) is 0 Å². The van der Waals surface area contributed by atoms with Crippen molar-refractivity contribution in [3.05, 3.63) is 53.6 Å². The zero-order valence-electron chi connectivity index (χ0n) is 13.1. The number of carbonyl (C=O) groups excluding carboxylic acids is 1. The molecule has 23 heavy (non-hydrogen) atoms. The van der Waals surface area contributed by atoms with Gasteiger partial charge in [0, 0.05) is 16.1 Å². The molecule has 0 radical (unpaired) electrons. The van der Waals surface area contributed by atoms with Gasteiger partial charge in [-0.25, -0.2) is 8.42 Å². The smallest absolute Gasteiger partial charge is 0.255 e. The Morgan fingerprint density at radius 1 is 1.13 bits per heavy atom. The van der Waals surface area contributed by atoms with Crippen LogP contribution in [-0.2, 0) is 10.0 Å². The van der Waals surface area contributed by atoms with Crippen LogP contribution in [0.5, 0.6) is 0 Å². The van der Waals surface area contributed by atoms with Gasteiger partial charge >= 0.3 is 0 Å². The lowest BCUT2D eigenvalue weighted by Gasteiger charge is -2.11. The Morgan fingerprint density at radius 3 is 2.52 bits per heavy atom. The van der Waals surface area contributed by atoms with Gasteiger partial charge in [0.15, 0.2) is 0 Å². The zero-order valence-corrected chi connectivity index (χ0v) is 14.7. The molecule has 2 N–H and O–H groups in total. The Bertz CT molecular complexity index is 833. The number of carbonyl (C=O) groups is 1. The maximum absolute atomic E-state index is 12.3. The number of amides is 1. The predicted octanol–water partition coefficient (Wildman–Crippen LogP) is 3.34. The number of rotatable bonds is 5. The van der Waals surface area contributed by atoms with Crippen molar-refractivity contribution in [2.75, 3.05) is 22.6 Å². The molecule has 0 unspecified atom stereocenters. The van der Waals surface area contributed by atoms with Gasteiger partial charge in [-0.15, -0.1) is 11.8 Å². The highest BCUT2D eigenvalue weighted by Gasteiger charge is 2.11. The summed E-state index contributed by atoms with van der Waals surface area (Å²) in [5.74, 6) is -0.292. The molecule has 0 saturated heterocycles. The van der Waals surface area contributed by atoms with Gasteiger partial charge in [0.05, 0.1) is 11.9 Å².